The summed E-state index contributed by atoms with van der Waals surface area (Å²) >= 11 is 12.6. The summed E-state index contributed by atoms with van der Waals surface area (Å²) in [6.45, 7) is 8.56. The zero-order valence-corrected chi connectivity index (χ0v) is 23.5. The minimum atomic E-state index is -0.532. The van der Waals surface area contributed by atoms with E-state index in [0.717, 1.165) is 32.3 Å². The number of ether oxygens (including phenoxy) is 1. The Balaban J connectivity index is 1.46. The van der Waals surface area contributed by atoms with Gasteiger partial charge in [-0.3, -0.25) is 14.9 Å². The number of halogens is 3. The van der Waals surface area contributed by atoms with Crippen molar-refractivity contribution in [2.75, 3.05) is 48.8 Å². The first-order valence-corrected chi connectivity index (χ1v) is 13.4. The number of rotatable bonds is 8. The van der Waals surface area contributed by atoms with Gasteiger partial charge in [-0.05, 0) is 50.4 Å². The quantitative estimate of drug-likeness (QED) is 0.213. The molecule has 0 saturated carbocycles. The second-order valence-electron chi connectivity index (χ2n) is 9.52. The number of amides is 1. The molecule has 0 aliphatic carbocycles. The maximum atomic E-state index is 15.6. The van der Waals surface area contributed by atoms with Crippen molar-refractivity contribution in [3.63, 3.8) is 0 Å². The predicted octanol–water partition coefficient (Wildman–Crippen LogP) is 6.16. The van der Waals surface area contributed by atoms with Crippen molar-refractivity contribution in [3.05, 3.63) is 76.8 Å². The Labute approximate surface area is 240 Å². The number of carbonyl (C=O) groups excluding carboxylic acids is 1. The first kappa shape index (κ1) is 27.7. The molecule has 0 unspecified atom stereocenters. The number of piperazine rings is 1. The van der Waals surface area contributed by atoms with E-state index in [1.807, 2.05) is 6.92 Å². The number of pyridine rings is 1. The van der Waals surface area contributed by atoms with Crippen LogP contribution in [0.5, 0.6) is 5.75 Å². The molecule has 1 saturated heterocycles. The molecule has 0 spiro atoms. The molecule has 0 radical (unpaired) electrons. The molecule has 1 aliphatic heterocycles. The SMILES string of the molecule is C=CC(=O)Nc1cc(N2CCN(C)CC2)cc(F)c1Nc1n[nH]c2ccc(O[C@H](C)c3c(Cl)cncc3Cl)cc12. The molecule has 208 valence electrons. The Morgan fingerprint density at radius 3 is 2.60 bits per heavy atom. The maximum absolute atomic E-state index is 15.6. The molecule has 3 N–H and O–H groups in total. The monoisotopic (exact) mass is 583 g/mol. The van der Waals surface area contributed by atoms with Crippen molar-refractivity contribution in [2.45, 2.75) is 13.0 Å². The minimum Gasteiger partial charge on any atom is -0.486 e. The standard InChI is InChI=1S/C28H28Cl2FN7O2/c1-4-25(39)33-24-12-17(38-9-7-37(3)8-10-38)11-22(31)27(24)34-28-19-13-18(5-6-23(19)35-36-28)40-16(2)26-20(29)14-32-15-21(26)30/h4-6,11-16H,1,7-10H2,2-3H3,(H,33,39)(H2,34,35,36)/t16-/m1/s1. The van der Waals surface area contributed by atoms with E-state index >= 15 is 4.39 Å². The fourth-order valence-corrected chi connectivity index (χ4v) is 5.27. The van der Waals surface area contributed by atoms with Crippen LogP contribution in [0.25, 0.3) is 10.9 Å². The van der Waals surface area contributed by atoms with Crippen LogP contribution in [0.15, 0.2) is 55.4 Å². The van der Waals surface area contributed by atoms with Crippen molar-refractivity contribution in [1.29, 1.82) is 0 Å². The van der Waals surface area contributed by atoms with Crippen LogP contribution in [0.4, 0.5) is 27.3 Å². The molecular formula is C28H28Cl2FN7O2. The number of fused-ring (bicyclic) bond motifs is 1. The molecule has 40 heavy (non-hydrogen) atoms. The van der Waals surface area contributed by atoms with Crippen molar-refractivity contribution in [2.24, 2.45) is 0 Å². The van der Waals surface area contributed by atoms with E-state index in [-0.39, 0.29) is 11.4 Å². The smallest absolute Gasteiger partial charge is 0.247 e. The molecular weight excluding hydrogens is 556 g/mol. The Hall–Kier alpha value is -3.86. The van der Waals surface area contributed by atoms with E-state index in [9.17, 15) is 4.79 Å². The van der Waals surface area contributed by atoms with Gasteiger partial charge in [-0.25, -0.2) is 4.39 Å². The van der Waals surface area contributed by atoms with Crippen molar-refractivity contribution < 1.29 is 13.9 Å². The second-order valence-corrected chi connectivity index (χ2v) is 10.3. The van der Waals surface area contributed by atoms with Crippen molar-refractivity contribution in [1.82, 2.24) is 20.1 Å². The van der Waals surface area contributed by atoms with E-state index in [0.29, 0.717) is 43.8 Å². The number of anilines is 4. The first-order chi connectivity index (χ1) is 19.2. The highest BCUT2D eigenvalue weighted by Gasteiger charge is 2.21. The van der Waals surface area contributed by atoms with E-state index in [1.54, 1.807) is 24.3 Å². The summed E-state index contributed by atoms with van der Waals surface area (Å²) in [5.74, 6) is -0.106. The molecule has 0 bridgehead atoms. The lowest BCUT2D eigenvalue weighted by atomic mass is 10.1. The van der Waals surface area contributed by atoms with Crippen LogP contribution < -0.4 is 20.3 Å². The van der Waals surface area contributed by atoms with Crippen LogP contribution >= 0.6 is 23.2 Å². The number of carbonyl (C=O) groups is 1. The lowest BCUT2D eigenvalue weighted by molar-refractivity contribution is -0.111. The average Bonchev–Trinajstić information content (AvgIpc) is 3.32. The van der Waals surface area contributed by atoms with Gasteiger partial charge in [0.15, 0.2) is 11.6 Å². The number of nitrogens with one attached hydrogen (secondary N) is 3. The maximum Gasteiger partial charge on any atom is 0.247 e. The molecule has 2 aromatic heterocycles. The van der Waals surface area contributed by atoms with Gasteiger partial charge in [0.05, 0.1) is 21.2 Å². The largest absolute Gasteiger partial charge is 0.486 e. The molecule has 1 fully saturated rings. The fourth-order valence-electron chi connectivity index (χ4n) is 4.60. The fraction of sp³-hybridized carbons (Fsp3) is 0.250. The molecule has 1 aliphatic rings. The van der Waals surface area contributed by atoms with E-state index < -0.39 is 17.8 Å². The average molecular weight is 584 g/mol. The summed E-state index contributed by atoms with van der Waals surface area (Å²) in [4.78, 5) is 20.5. The van der Waals surface area contributed by atoms with Gasteiger partial charge >= 0.3 is 0 Å². The third-order valence-electron chi connectivity index (χ3n) is 6.77. The van der Waals surface area contributed by atoms with Gasteiger partial charge in [-0.15, -0.1) is 0 Å². The number of aromatic nitrogens is 3. The van der Waals surface area contributed by atoms with Crippen LogP contribution in [-0.2, 0) is 4.79 Å². The van der Waals surface area contributed by atoms with E-state index in [4.69, 9.17) is 27.9 Å². The Kier molecular flexibility index (Phi) is 8.11. The zero-order valence-electron chi connectivity index (χ0n) is 22.0. The van der Waals surface area contributed by atoms with Crippen LogP contribution in [0.3, 0.4) is 0 Å². The Morgan fingerprint density at radius 1 is 1.18 bits per heavy atom. The Morgan fingerprint density at radius 2 is 1.90 bits per heavy atom. The number of hydrogen-bond donors (Lipinski definition) is 3. The van der Waals surface area contributed by atoms with E-state index in [2.05, 4.69) is 49.2 Å². The zero-order chi connectivity index (χ0) is 28.4. The highest BCUT2D eigenvalue weighted by atomic mass is 35.5. The molecule has 1 amide bonds. The normalized spacial score (nSPS) is 14.7. The second kappa shape index (κ2) is 11.7. The number of nitrogens with zero attached hydrogens (tertiary/aromatic N) is 4. The van der Waals surface area contributed by atoms with Crippen LogP contribution in [-0.4, -0.2) is 59.2 Å². The predicted molar refractivity (Wildman–Crippen MR) is 158 cm³/mol. The third-order valence-corrected chi connectivity index (χ3v) is 7.38. The molecule has 9 nitrogen and oxygen atoms in total. The van der Waals surface area contributed by atoms with E-state index in [1.165, 1.54) is 18.5 Å². The summed E-state index contributed by atoms with van der Waals surface area (Å²) < 4.78 is 21.8. The minimum absolute atomic E-state index is 0.0801. The van der Waals surface area contributed by atoms with Crippen molar-refractivity contribution in [3.8, 4) is 5.75 Å². The Bertz CT molecular complexity index is 1550. The highest BCUT2D eigenvalue weighted by molar-refractivity contribution is 6.35. The lowest BCUT2D eigenvalue weighted by Crippen LogP contribution is -2.44. The number of hydrogen-bond acceptors (Lipinski definition) is 7. The van der Waals surface area contributed by atoms with Gasteiger partial charge in [0, 0.05) is 55.2 Å². The van der Waals surface area contributed by atoms with Gasteiger partial charge in [-0.2, -0.15) is 5.10 Å². The topological polar surface area (TPSA) is 98.4 Å². The number of likely N-dealkylation sites (N-methyl/N-ethyl adjacent to an activating group) is 1. The third kappa shape index (κ3) is 5.84. The molecule has 5 rings (SSSR count). The lowest BCUT2D eigenvalue weighted by Gasteiger charge is -2.34. The molecule has 4 aromatic rings. The molecule has 1 atom stereocenters. The van der Waals surface area contributed by atoms with Gasteiger partial charge in [-0.1, -0.05) is 29.8 Å². The van der Waals surface area contributed by atoms with Gasteiger partial charge in [0.1, 0.15) is 17.5 Å². The van der Waals surface area contributed by atoms with Crippen molar-refractivity contribution >= 4 is 62.9 Å². The summed E-state index contributed by atoms with van der Waals surface area (Å²) in [6, 6.07) is 8.58. The molecule has 12 heteroatoms. The summed E-state index contributed by atoms with van der Waals surface area (Å²) in [5, 5.41) is 14.5. The van der Waals surface area contributed by atoms with Crippen LogP contribution in [0.2, 0.25) is 10.0 Å². The summed E-state index contributed by atoms with van der Waals surface area (Å²) in [7, 11) is 2.05. The molecule has 2 aromatic carbocycles. The molecule has 3 heterocycles. The van der Waals surface area contributed by atoms with Crippen LogP contribution in [0.1, 0.15) is 18.6 Å². The highest BCUT2D eigenvalue weighted by Crippen LogP contribution is 2.37. The summed E-state index contributed by atoms with van der Waals surface area (Å²) in [5.41, 5.74) is 2.36. The first-order valence-electron chi connectivity index (χ1n) is 12.6. The summed E-state index contributed by atoms with van der Waals surface area (Å²) in [6.07, 6.45) is 3.69. The van der Waals surface area contributed by atoms with Gasteiger partial charge in [0.25, 0.3) is 0 Å². The van der Waals surface area contributed by atoms with Gasteiger partial charge in [0.2, 0.25) is 5.91 Å². The van der Waals surface area contributed by atoms with Crippen LogP contribution in [0, 0.1) is 5.82 Å². The van der Waals surface area contributed by atoms with Gasteiger partial charge < -0.3 is 25.2 Å². The number of aromatic amines is 1. The number of benzene rings is 2. The number of H-pyrrole nitrogens is 1.